The molecule has 21 heavy (non-hydrogen) atoms. The van der Waals surface area contributed by atoms with Gasteiger partial charge in [0.25, 0.3) is 0 Å². The summed E-state index contributed by atoms with van der Waals surface area (Å²) >= 11 is 0. The van der Waals surface area contributed by atoms with E-state index in [1.807, 2.05) is 19.2 Å². The van der Waals surface area contributed by atoms with Crippen molar-refractivity contribution in [1.82, 2.24) is 10.3 Å². The lowest BCUT2D eigenvalue weighted by molar-refractivity contribution is 0.816. The van der Waals surface area contributed by atoms with Crippen molar-refractivity contribution in [2.75, 3.05) is 7.05 Å². The van der Waals surface area contributed by atoms with E-state index in [2.05, 4.69) is 54.7 Å². The first-order valence-corrected chi connectivity index (χ1v) is 7.34. The van der Waals surface area contributed by atoms with Crippen molar-refractivity contribution in [2.45, 2.75) is 19.9 Å². The third kappa shape index (κ3) is 3.11. The van der Waals surface area contributed by atoms with Gasteiger partial charge in [0, 0.05) is 24.0 Å². The van der Waals surface area contributed by atoms with E-state index < -0.39 is 0 Å². The highest BCUT2D eigenvalue weighted by molar-refractivity contribution is 5.78. The van der Waals surface area contributed by atoms with Gasteiger partial charge in [0.15, 0.2) is 0 Å². The molecule has 0 aliphatic heterocycles. The Hall–Kier alpha value is -2.19. The predicted octanol–water partition coefficient (Wildman–Crippen LogP) is 3.85. The Morgan fingerprint density at radius 3 is 2.67 bits per heavy atom. The first-order valence-electron chi connectivity index (χ1n) is 7.34. The zero-order valence-corrected chi connectivity index (χ0v) is 12.6. The molecular weight excluding hydrogens is 256 g/mol. The molecule has 1 heterocycles. The van der Waals surface area contributed by atoms with Crippen LogP contribution in [0.15, 0.2) is 54.6 Å². The number of rotatable bonds is 4. The normalized spacial score (nSPS) is 11.0. The fraction of sp³-hybridized carbons (Fsp3) is 0.211. The summed E-state index contributed by atoms with van der Waals surface area (Å²) in [6.45, 7) is 3.09. The molecule has 2 nitrogen and oxygen atoms in total. The maximum absolute atomic E-state index is 4.76. The second-order valence-electron chi connectivity index (χ2n) is 5.46. The van der Waals surface area contributed by atoms with Gasteiger partial charge >= 0.3 is 0 Å². The highest BCUT2D eigenvalue weighted by atomic mass is 14.8. The van der Waals surface area contributed by atoms with Crippen molar-refractivity contribution in [3.63, 3.8) is 0 Å². The van der Waals surface area contributed by atoms with Crippen molar-refractivity contribution < 1.29 is 0 Å². The molecule has 106 valence electrons. The van der Waals surface area contributed by atoms with Crippen LogP contribution in [-0.4, -0.2) is 12.0 Å². The molecule has 0 spiro atoms. The summed E-state index contributed by atoms with van der Waals surface area (Å²) in [4.78, 5) is 4.76. The summed E-state index contributed by atoms with van der Waals surface area (Å²) in [6.07, 6.45) is 0.885. The number of nitrogens with zero attached hydrogens (tertiary/aromatic N) is 1. The molecule has 0 aliphatic rings. The molecular formula is C19H20N2. The van der Waals surface area contributed by atoms with Crippen molar-refractivity contribution in [3.8, 4) is 0 Å². The van der Waals surface area contributed by atoms with Crippen LogP contribution in [0.4, 0.5) is 0 Å². The number of hydrogen-bond donors (Lipinski definition) is 1. The van der Waals surface area contributed by atoms with Crippen molar-refractivity contribution in [3.05, 3.63) is 77.0 Å². The van der Waals surface area contributed by atoms with Gasteiger partial charge in [-0.15, -0.1) is 0 Å². The first kappa shape index (κ1) is 13.8. The van der Waals surface area contributed by atoms with Gasteiger partial charge < -0.3 is 5.32 Å². The molecule has 1 aromatic heterocycles. The zero-order valence-electron chi connectivity index (χ0n) is 12.6. The van der Waals surface area contributed by atoms with Crippen LogP contribution in [0, 0.1) is 6.92 Å². The standard InChI is InChI=1S/C19H20N2/c1-14-11-15(13-20-2)7-8-17(14)12-18-10-9-16-5-3-4-6-19(16)21-18/h3-11,20H,12-13H2,1-2H3. The molecule has 0 fully saturated rings. The zero-order chi connectivity index (χ0) is 14.7. The molecule has 1 N–H and O–H groups in total. The minimum Gasteiger partial charge on any atom is -0.316 e. The predicted molar refractivity (Wildman–Crippen MR) is 88.5 cm³/mol. The van der Waals surface area contributed by atoms with E-state index in [1.54, 1.807) is 0 Å². The van der Waals surface area contributed by atoms with E-state index in [1.165, 1.54) is 22.1 Å². The van der Waals surface area contributed by atoms with Gasteiger partial charge in [-0.25, -0.2) is 0 Å². The van der Waals surface area contributed by atoms with Gasteiger partial charge in [-0.2, -0.15) is 0 Å². The molecule has 0 atom stereocenters. The maximum atomic E-state index is 4.76. The molecule has 0 saturated heterocycles. The molecule has 0 amide bonds. The summed E-state index contributed by atoms with van der Waals surface area (Å²) < 4.78 is 0. The summed E-state index contributed by atoms with van der Waals surface area (Å²) in [6, 6.07) is 19.2. The summed E-state index contributed by atoms with van der Waals surface area (Å²) in [5.74, 6) is 0. The molecule has 2 heteroatoms. The van der Waals surface area contributed by atoms with Gasteiger partial charge in [0.1, 0.15) is 0 Å². The Kier molecular flexibility index (Phi) is 3.98. The van der Waals surface area contributed by atoms with Gasteiger partial charge in [0.05, 0.1) is 5.52 Å². The smallest absolute Gasteiger partial charge is 0.0705 e. The highest BCUT2D eigenvalue weighted by Crippen LogP contribution is 2.17. The fourth-order valence-electron chi connectivity index (χ4n) is 2.67. The number of fused-ring (bicyclic) bond motifs is 1. The van der Waals surface area contributed by atoms with Gasteiger partial charge in [-0.05, 0) is 42.8 Å². The molecule has 0 radical (unpaired) electrons. The molecule has 2 aromatic carbocycles. The number of aromatic nitrogens is 1. The highest BCUT2D eigenvalue weighted by Gasteiger charge is 2.04. The molecule has 3 rings (SSSR count). The second-order valence-corrected chi connectivity index (χ2v) is 5.46. The average molecular weight is 276 g/mol. The van der Waals surface area contributed by atoms with E-state index in [-0.39, 0.29) is 0 Å². The van der Waals surface area contributed by atoms with Crippen LogP contribution in [0.3, 0.4) is 0 Å². The van der Waals surface area contributed by atoms with Crippen LogP contribution in [0.2, 0.25) is 0 Å². The van der Waals surface area contributed by atoms with Crippen molar-refractivity contribution in [2.24, 2.45) is 0 Å². The average Bonchev–Trinajstić information content (AvgIpc) is 2.50. The van der Waals surface area contributed by atoms with E-state index in [4.69, 9.17) is 4.98 Å². The van der Waals surface area contributed by atoms with Crippen LogP contribution >= 0.6 is 0 Å². The Labute approximate surface area is 125 Å². The maximum Gasteiger partial charge on any atom is 0.0705 e. The second kappa shape index (κ2) is 6.06. The minimum atomic E-state index is 0.885. The minimum absolute atomic E-state index is 0.885. The third-order valence-corrected chi connectivity index (χ3v) is 3.82. The van der Waals surface area contributed by atoms with E-state index >= 15 is 0 Å². The Morgan fingerprint density at radius 1 is 1.00 bits per heavy atom. The fourth-order valence-corrected chi connectivity index (χ4v) is 2.67. The van der Waals surface area contributed by atoms with Crippen LogP contribution in [-0.2, 0) is 13.0 Å². The van der Waals surface area contributed by atoms with E-state index in [0.29, 0.717) is 0 Å². The lowest BCUT2D eigenvalue weighted by atomic mass is 10.0. The van der Waals surface area contributed by atoms with Gasteiger partial charge in [-0.1, -0.05) is 42.5 Å². The number of benzene rings is 2. The van der Waals surface area contributed by atoms with Gasteiger partial charge in [-0.3, -0.25) is 4.98 Å². The topological polar surface area (TPSA) is 24.9 Å². The Morgan fingerprint density at radius 2 is 1.86 bits per heavy atom. The number of hydrogen-bond acceptors (Lipinski definition) is 2. The molecule has 0 aliphatic carbocycles. The largest absolute Gasteiger partial charge is 0.316 e. The van der Waals surface area contributed by atoms with E-state index in [0.717, 1.165) is 24.2 Å². The molecule has 0 saturated carbocycles. The van der Waals surface area contributed by atoms with E-state index in [9.17, 15) is 0 Å². The van der Waals surface area contributed by atoms with Crippen LogP contribution in [0.1, 0.15) is 22.4 Å². The molecule has 0 bridgehead atoms. The Balaban J connectivity index is 1.87. The number of nitrogens with one attached hydrogen (secondary N) is 1. The first-order chi connectivity index (χ1) is 10.3. The Bertz CT molecular complexity index is 762. The molecule has 3 aromatic rings. The third-order valence-electron chi connectivity index (χ3n) is 3.82. The lowest BCUT2D eigenvalue weighted by Gasteiger charge is -2.09. The van der Waals surface area contributed by atoms with Crippen LogP contribution in [0.5, 0.6) is 0 Å². The summed E-state index contributed by atoms with van der Waals surface area (Å²) in [5, 5.41) is 4.38. The van der Waals surface area contributed by atoms with Crippen molar-refractivity contribution in [1.29, 1.82) is 0 Å². The van der Waals surface area contributed by atoms with Crippen LogP contribution in [0.25, 0.3) is 10.9 Å². The quantitative estimate of drug-likeness (QED) is 0.783. The summed E-state index contributed by atoms with van der Waals surface area (Å²) in [5.41, 5.74) is 6.19. The molecule has 0 unspecified atom stereocenters. The number of para-hydroxylation sites is 1. The lowest BCUT2D eigenvalue weighted by Crippen LogP contribution is -2.05. The van der Waals surface area contributed by atoms with Gasteiger partial charge in [0.2, 0.25) is 0 Å². The number of aryl methyl sites for hydroxylation is 1. The summed E-state index contributed by atoms with van der Waals surface area (Å²) in [7, 11) is 1.97. The van der Waals surface area contributed by atoms with Crippen LogP contribution < -0.4 is 5.32 Å². The van der Waals surface area contributed by atoms with Crippen molar-refractivity contribution >= 4 is 10.9 Å². The SMILES string of the molecule is CNCc1ccc(Cc2ccc3ccccc3n2)c(C)c1. The number of pyridine rings is 1. The monoisotopic (exact) mass is 276 g/mol.